The molecule has 32 heavy (non-hydrogen) atoms. The largest absolute Gasteiger partial charge is 0.329 e. The number of carbonyl (C=O) groups is 2. The van der Waals surface area contributed by atoms with Crippen molar-refractivity contribution in [2.75, 3.05) is 5.32 Å². The molecule has 0 aliphatic carbocycles. The minimum Gasteiger partial charge on any atom is -0.329 e. The van der Waals surface area contributed by atoms with Crippen LogP contribution in [0.15, 0.2) is 55.5 Å². The van der Waals surface area contributed by atoms with Crippen LogP contribution in [0.1, 0.15) is 46.2 Å². The van der Waals surface area contributed by atoms with E-state index in [1.807, 2.05) is 18.4 Å². The van der Waals surface area contributed by atoms with E-state index in [1.54, 1.807) is 30.6 Å². The SMILES string of the molecule is CC(C)n1cc(C(=O)c2cncc(NC(=O)c3ccc4nnnn4c3)c2)c2cncnc21. The van der Waals surface area contributed by atoms with E-state index in [0.29, 0.717) is 39.1 Å². The predicted molar refractivity (Wildman–Crippen MR) is 114 cm³/mol. The predicted octanol–water partition coefficient (Wildman–Crippen LogP) is 2.33. The Balaban J connectivity index is 1.44. The first-order valence-electron chi connectivity index (χ1n) is 9.80. The molecule has 0 aromatic carbocycles. The Kier molecular flexibility index (Phi) is 4.62. The van der Waals surface area contributed by atoms with Gasteiger partial charge in [0.1, 0.15) is 12.0 Å². The maximum absolute atomic E-state index is 13.3. The van der Waals surface area contributed by atoms with Gasteiger partial charge in [0.15, 0.2) is 11.4 Å². The molecule has 11 nitrogen and oxygen atoms in total. The van der Waals surface area contributed by atoms with Crippen LogP contribution in [0.5, 0.6) is 0 Å². The van der Waals surface area contributed by atoms with E-state index in [-0.39, 0.29) is 17.7 Å². The summed E-state index contributed by atoms with van der Waals surface area (Å²) in [6.07, 6.45) is 9.33. The molecule has 0 aliphatic rings. The molecular weight excluding hydrogens is 410 g/mol. The monoisotopic (exact) mass is 427 g/mol. The van der Waals surface area contributed by atoms with Crippen LogP contribution in [0.4, 0.5) is 5.69 Å². The molecule has 1 amide bonds. The Morgan fingerprint density at radius 2 is 1.91 bits per heavy atom. The highest BCUT2D eigenvalue weighted by atomic mass is 16.1. The Hall–Kier alpha value is -4.54. The highest BCUT2D eigenvalue weighted by molar-refractivity contribution is 6.16. The normalized spacial score (nSPS) is 11.3. The fourth-order valence-electron chi connectivity index (χ4n) is 3.43. The van der Waals surface area contributed by atoms with Crippen molar-refractivity contribution in [3.05, 3.63) is 72.2 Å². The van der Waals surface area contributed by atoms with Crippen LogP contribution in [0.25, 0.3) is 16.7 Å². The molecule has 5 rings (SSSR count). The van der Waals surface area contributed by atoms with Gasteiger partial charge in [0.2, 0.25) is 0 Å². The lowest BCUT2D eigenvalue weighted by molar-refractivity contribution is 0.102. The van der Waals surface area contributed by atoms with Gasteiger partial charge >= 0.3 is 0 Å². The second kappa shape index (κ2) is 7.61. The third-order valence-electron chi connectivity index (χ3n) is 5.01. The van der Waals surface area contributed by atoms with Crippen LogP contribution >= 0.6 is 0 Å². The third-order valence-corrected chi connectivity index (χ3v) is 5.01. The highest BCUT2D eigenvalue weighted by Gasteiger charge is 2.20. The van der Waals surface area contributed by atoms with Gasteiger partial charge in [-0.25, -0.2) is 9.97 Å². The zero-order valence-corrected chi connectivity index (χ0v) is 17.2. The number of carbonyl (C=O) groups excluding carboxylic acids is 2. The minimum atomic E-state index is -0.376. The second-order valence-electron chi connectivity index (χ2n) is 7.45. The number of pyridine rings is 2. The van der Waals surface area contributed by atoms with E-state index in [9.17, 15) is 9.59 Å². The van der Waals surface area contributed by atoms with E-state index in [4.69, 9.17) is 0 Å². The topological polar surface area (TPSA) is 133 Å². The summed E-state index contributed by atoms with van der Waals surface area (Å²) >= 11 is 0. The van der Waals surface area contributed by atoms with Crippen LogP contribution in [0.2, 0.25) is 0 Å². The molecule has 0 unspecified atom stereocenters. The summed E-state index contributed by atoms with van der Waals surface area (Å²) in [5.41, 5.74) is 2.78. The van der Waals surface area contributed by atoms with E-state index in [0.717, 1.165) is 0 Å². The standard InChI is InChI=1S/C21H17N9O2/c1-12(2)29-10-17(16-8-23-11-24-20(16)29)19(31)14-5-15(7-22-6-14)25-21(32)13-3-4-18-26-27-28-30(18)9-13/h3-12H,1-2H3,(H,25,32). The first kappa shape index (κ1) is 19.4. The summed E-state index contributed by atoms with van der Waals surface area (Å²) in [6, 6.07) is 4.96. The van der Waals surface area contributed by atoms with E-state index in [2.05, 4.69) is 35.8 Å². The molecule has 5 aromatic heterocycles. The van der Waals surface area contributed by atoms with E-state index < -0.39 is 0 Å². The number of tetrazole rings is 1. The van der Waals surface area contributed by atoms with Gasteiger partial charge in [-0.15, -0.1) is 5.10 Å². The van der Waals surface area contributed by atoms with Crippen molar-refractivity contribution in [2.24, 2.45) is 0 Å². The zero-order valence-electron chi connectivity index (χ0n) is 17.2. The molecule has 0 saturated carbocycles. The van der Waals surface area contributed by atoms with Crippen molar-refractivity contribution < 1.29 is 9.59 Å². The Labute approximate surface area is 181 Å². The fraction of sp³-hybridized carbons (Fsp3) is 0.143. The summed E-state index contributed by atoms with van der Waals surface area (Å²) in [6.45, 7) is 4.03. The molecule has 5 aromatic rings. The molecule has 0 radical (unpaired) electrons. The number of fused-ring (bicyclic) bond motifs is 2. The van der Waals surface area contributed by atoms with Crippen LogP contribution in [0.3, 0.4) is 0 Å². The van der Waals surface area contributed by atoms with Gasteiger partial charge in [0, 0.05) is 41.8 Å². The van der Waals surface area contributed by atoms with E-state index >= 15 is 0 Å². The van der Waals surface area contributed by atoms with Crippen LogP contribution in [-0.2, 0) is 0 Å². The second-order valence-corrected chi connectivity index (χ2v) is 7.45. The lowest BCUT2D eigenvalue weighted by Crippen LogP contribution is -2.13. The van der Waals surface area contributed by atoms with Crippen molar-refractivity contribution in [1.82, 2.24) is 39.6 Å². The van der Waals surface area contributed by atoms with Crippen LogP contribution in [-0.4, -0.2) is 51.3 Å². The van der Waals surface area contributed by atoms with Gasteiger partial charge in [-0.3, -0.25) is 14.6 Å². The number of hydrogen-bond donors (Lipinski definition) is 1. The number of rotatable bonds is 5. The third kappa shape index (κ3) is 3.35. The Bertz CT molecular complexity index is 1490. The molecular formula is C21H17N9O2. The molecule has 5 heterocycles. The fourth-order valence-corrected chi connectivity index (χ4v) is 3.43. The molecule has 0 spiro atoms. The quantitative estimate of drug-likeness (QED) is 0.423. The van der Waals surface area contributed by atoms with Crippen LogP contribution in [0, 0.1) is 0 Å². The van der Waals surface area contributed by atoms with Gasteiger partial charge in [0.05, 0.1) is 23.0 Å². The number of amides is 1. The van der Waals surface area contributed by atoms with Crippen molar-refractivity contribution in [1.29, 1.82) is 0 Å². The molecule has 0 bridgehead atoms. The average molecular weight is 427 g/mol. The van der Waals surface area contributed by atoms with Gasteiger partial charge in [-0.2, -0.15) is 4.52 Å². The molecule has 11 heteroatoms. The number of nitrogens with one attached hydrogen (secondary N) is 1. The number of hydrogen-bond acceptors (Lipinski definition) is 8. The Morgan fingerprint density at radius 1 is 1.03 bits per heavy atom. The molecule has 0 atom stereocenters. The van der Waals surface area contributed by atoms with Gasteiger partial charge in [-0.05, 0) is 42.5 Å². The average Bonchev–Trinajstić information content (AvgIpc) is 3.43. The highest BCUT2D eigenvalue weighted by Crippen LogP contribution is 2.25. The summed E-state index contributed by atoms with van der Waals surface area (Å²) < 4.78 is 3.33. The molecule has 0 fully saturated rings. The maximum atomic E-state index is 13.3. The summed E-state index contributed by atoms with van der Waals surface area (Å²) in [4.78, 5) is 38.4. The minimum absolute atomic E-state index is 0.121. The number of ketones is 1. The van der Waals surface area contributed by atoms with Crippen molar-refractivity contribution >= 4 is 34.1 Å². The van der Waals surface area contributed by atoms with Gasteiger partial charge < -0.3 is 9.88 Å². The first-order valence-corrected chi connectivity index (χ1v) is 9.80. The van der Waals surface area contributed by atoms with Crippen molar-refractivity contribution in [2.45, 2.75) is 19.9 Å². The summed E-state index contributed by atoms with van der Waals surface area (Å²) in [5, 5.41) is 14.6. The van der Waals surface area contributed by atoms with Gasteiger partial charge in [-0.1, -0.05) is 0 Å². The van der Waals surface area contributed by atoms with Crippen molar-refractivity contribution in [3.63, 3.8) is 0 Å². The van der Waals surface area contributed by atoms with Crippen molar-refractivity contribution in [3.8, 4) is 0 Å². The van der Waals surface area contributed by atoms with Gasteiger partial charge in [0.25, 0.3) is 5.91 Å². The smallest absolute Gasteiger partial charge is 0.257 e. The number of nitrogens with zero attached hydrogens (tertiary/aromatic N) is 8. The lowest BCUT2D eigenvalue weighted by atomic mass is 10.1. The molecule has 158 valence electrons. The first-order chi connectivity index (χ1) is 15.5. The zero-order chi connectivity index (χ0) is 22.2. The number of anilines is 1. The summed E-state index contributed by atoms with van der Waals surface area (Å²) in [7, 11) is 0. The molecule has 0 saturated heterocycles. The lowest BCUT2D eigenvalue weighted by Gasteiger charge is -2.07. The molecule has 1 N–H and O–H groups in total. The summed E-state index contributed by atoms with van der Waals surface area (Å²) in [5.74, 6) is -0.610. The van der Waals surface area contributed by atoms with Crippen LogP contribution < -0.4 is 5.32 Å². The number of aromatic nitrogens is 8. The van der Waals surface area contributed by atoms with E-state index in [1.165, 1.54) is 29.4 Å². The molecule has 0 aliphatic heterocycles. The maximum Gasteiger partial charge on any atom is 0.257 e. The Morgan fingerprint density at radius 3 is 2.75 bits per heavy atom.